The van der Waals surface area contributed by atoms with Crippen LogP contribution in [0.15, 0.2) is 24.3 Å². The van der Waals surface area contributed by atoms with E-state index in [2.05, 4.69) is 37.1 Å². The molecule has 0 spiro atoms. The van der Waals surface area contributed by atoms with Crippen LogP contribution in [0, 0.1) is 0 Å². The van der Waals surface area contributed by atoms with Gasteiger partial charge in [0.1, 0.15) is 17.4 Å². The van der Waals surface area contributed by atoms with Crippen LogP contribution in [0.1, 0.15) is 55.9 Å². The molecule has 0 radical (unpaired) electrons. The molecule has 5 heteroatoms. The molecular formula is C19H25N3O2. The molecule has 1 atom stereocenters. The van der Waals surface area contributed by atoms with Crippen molar-refractivity contribution in [3.63, 3.8) is 0 Å². The number of benzene rings is 1. The fourth-order valence-electron chi connectivity index (χ4n) is 3.09. The lowest BCUT2D eigenvalue weighted by Gasteiger charge is -2.21. The van der Waals surface area contributed by atoms with Gasteiger partial charge in [-0.25, -0.2) is 9.97 Å². The van der Waals surface area contributed by atoms with Crippen molar-refractivity contribution in [3.8, 4) is 5.75 Å². The maximum absolute atomic E-state index is 10.0. The highest BCUT2D eigenvalue weighted by Gasteiger charge is 2.26. The van der Waals surface area contributed by atoms with Crippen molar-refractivity contribution in [2.75, 3.05) is 12.4 Å². The molecule has 2 N–H and O–H groups in total. The number of hydrogen-bond acceptors (Lipinski definition) is 5. The first-order valence-electron chi connectivity index (χ1n) is 8.33. The molecule has 5 nitrogen and oxygen atoms in total. The number of nitrogens with one attached hydrogen (secondary N) is 1. The first-order chi connectivity index (χ1) is 11.4. The molecule has 0 saturated heterocycles. The summed E-state index contributed by atoms with van der Waals surface area (Å²) in [5.74, 6) is 1.99. The Morgan fingerprint density at radius 3 is 2.79 bits per heavy atom. The van der Waals surface area contributed by atoms with E-state index in [1.165, 1.54) is 0 Å². The van der Waals surface area contributed by atoms with Crippen molar-refractivity contribution in [3.05, 3.63) is 46.9 Å². The summed E-state index contributed by atoms with van der Waals surface area (Å²) in [5, 5.41) is 13.5. The first kappa shape index (κ1) is 16.7. The second kappa shape index (κ2) is 6.40. The van der Waals surface area contributed by atoms with Crippen LogP contribution in [-0.4, -0.2) is 22.2 Å². The quantitative estimate of drug-likeness (QED) is 0.896. The summed E-state index contributed by atoms with van der Waals surface area (Å²) in [6.45, 7) is 6.77. The Morgan fingerprint density at radius 1 is 1.29 bits per heavy atom. The van der Waals surface area contributed by atoms with Crippen LogP contribution in [0.25, 0.3) is 0 Å². The lowest BCUT2D eigenvalue weighted by molar-refractivity contribution is 0.181. The van der Waals surface area contributed by atoms with E-state index in [9.17, 15) is 5.11 Å². The van der Waals surface area contributed by atoms with E-state index in [0.29, 0.717) is 12.4 Å². The van der Waals surface area contributed by atoms with Gasteiger partial charge in [0.25, 0.3) is 0 Å². The molecular weight excluding hydrogens is 302 g/mol. The summed E-state index contributed by atoms with van der Waals surface area (Å²) in [6, 6.07) is 7.82. The Bertz CT molecular complexity index is 738. The van der Waals surface area contributed by atoms with E-state index < -0.39 is 0 Å². The number of rotatable bonds is 4. The predicted octanol–water partition coefficient (Wildman–Crippen LogP) is 3.73. The van der Waals surface area contributed by atoms with E-state index in [1.807, 2.05) is 12.1 Å². The Balaban J connectivity index is 1.91. The third-order valence-electron chi connectivity index (χ3n) is 4.31. The molecule has 0 fully saturated rings. The minimum atomic E-state index is -0.133. The van der Waals surface area contributed by atoms with Crippen LogP contribution < -0.4 is 5.32 Å². The van der Waals surface area contributed by atoms with Crippen molar-refractivity contribution in [1.82, 2.24) is 9.97 Å². The highest BCUT2D eigenvalue weighted by molar-refractivity contribution is 5.49. The predicted molar refractivity (Wildman–Crippen MR) is 94.2 cm³/mol. The second-order valence-corrected chi connectivity index (χ2v) is 7.33. The van der Waals surface area contributed by atoms with Gasteiger partial charge in [-0.2, -0.15) is 0 Å². The number of methoxy groups -OCH3 is 1. The smallest absolute Gasteiger partial charge is 0.136 e. The minimum absolute atomic E-state index is 0.133. The van der Waals surface area contributed by atoms with Crippen LogP contribution in [0.4, 0.5) is 5.82 Å². The third-order valence-corrected chi connectivity index (χ3v) is 4.31. The van der Waals surface area contributed by atoms with E-state index >= 15 is 0 Å². The van der Waals surface area contributed by atoms with Crippen LogP contribution in [0.2, 0.25) is 0 Å². The monoisotopic (exact) mass is 327 g/mol. The molecule has 0 bridgehead atoms. The highest BCUT2D eigenvalue weighted by Crippen LogP contribution is 2.38. The Morgan fingerprint density at radius 2 is 2.08 bits per heavy atom. The average Bonchev–Trinajstić information content (AvgIpc) is 2.91. The molecule has 1 aliphatic carbocycles. The normalized spacial score (nSPS) is 16.9. The van der Waals surface area contributed by atoms with Crippen LogP contribution >= 0.6 is 0 Å². The number of aromatic nitrogens is 2. The molecule has 24 heavy (non-hydrogen) atoms. The zero-order valence-corrected chi connectivity index (χ0v) is 14.8. The summed E-state index contributed by atoms with van der Waals surface area (Å²) < 4.78 is 5.24. The lowest BCUT2D eigenvalue weighted by atomic mass is 9.95. The van der Waals surface area contributed by atoms with Gasteiger partial charge < -0.3 is 15.2 Å². The zero-order valence-electron chi connectivity index (χ0n) is 14.8. The number of aromatic hydroxyl groups is 1. The molecule has 2 aromatic rings. The second-order valence-electron chi connectivity index (χ2n) is 7.33. The van der Waals surface area contributed by atoms with Crippen LogP contribution in [0.5, 0.6) is 5.75 Å². The van der Waals surface area contributed by atoms with Crippen LogP contribution in [0.3, 0.4) is 0 Å². The molecule has 3 rings (SSSR count). The summed E-state index contributed by atoms with van der Waals surface area (Å²) in [7, 11) is 1.67. The summed E-state index contributed by atoms with van der Waals surface area (Å²) in [6.07, 6.45) is 1.82. The van der Waals surface area contributed by atoms with Crippen molar-refractivity contribution in [2.24, 2.45) is 0 Å². The molecule has 0 saturated carbocycles. The van der Waals surface area contributed by atoms with Crippen molar-refractivity contribution < 1.29 is 9.84 Å². The Kier molecular flexibility index (Phi) is 4.45. The summed E-state index contributed by atoms with van der Waals surface area (Å²) in [5.41, 5.74) is 2.93. The molecule has 128 valence electrons. The van der Waals surface area contributed by atoms with E-state index in [1.54, 1.807) is 13.2 Å². The molecule has 1 unspecified atom stereocenters. The number of hydrogen-bond donors (Lipinski definition) is 2. The van der Waals surface area contributed by atoms with E-state index in [4.69, 9.17) is 9.72 Å². The van der Waals surface area contributed by atoms with E-state index in [0.717, 1.165) is 41.3 Å². The number of phenolic OH excluding ortho intramolecular Hbond substituents is 1. The van der Waals surface area contributed by atoms with Crippen LogP contribution in [-0.2, 0) is 23.2 Å². The first-order valence-corrected chi connectivity index (χ1v) is 8.33. The van der Waals surface area contributed by atoms with Gasteiger partial charge in [0.15, 0.2) is 0 Å². The average molecular weight is 327 g/mol. The minimum Gasteiger partial charge on any atom is -0.508 e. The number of phenols is 1. The Labute approximate surface area is 143 Å². The largest absolute Gasteiger partial charge is 0.508 e. The highest BCUT2D eigenvalue weighted by atomic mass is 16.5. The van der Waals surface area contributed by atoms with Crippen molar-refractivity contribution in [2.45, 2.75) is 51.7 Å². The van der Waals surface area contributed by atoms with Gasteiger partial charge in [-0.05, 0) is 30.0 Å². The van der Waals surface area contributed by atoms with Gasteiger partial charge in [0, 0.05) is 18.6 Å². The molecule has 0 aliphatic heterocycles. The van der Waals surface area contributed by atoms with Gasteiger partial charge in [0.2, 0.25) is 0 Å². The molecule has 1 aromatic carbocycles. The Hall–Kier alpha value is -2.14. The lowest BCUT2D eigenvalue weighted by Crippen LogP contribution is -2.19. The molecule has 1 heterocycles. The molecule has 1 aromatic heterocycles. The molecule has 1 aliphatic rings. The number of ether oxygens (including phenoxy) is 1. The molecule has 0 amide bonds. The topological polar surface area (TPSA) is 67.3 Å². The number of anilines is 1. The van der Waals surface area contributed by atoms with Gasteiger partial charge in [-0.15, -0.1) is 0 Å². The fraction of sp³-hybridized carbons (Fsp3) is 0.474. The number of nitrogens with zero attached hydrogens (tertiary/aromatic N) is 2. The maximum Gasteiger partial charge on any atom is 0.136 e. The third kappa shape index (κ3) is 3.36. The van der Waals surface area contributed by atoms with Gasteiger partial charge in [0.05, 0.1) is 18.3 Å². The number of fused-ring (bicyclic) bond motifs is 1. The summed E-state index contributed by atoms with van der Waals surface area (Å²) in [4.78, 5) is 9.32. The SMILES string of the molecule is COCc1cc(NC2CCc3c(O)cccc32)nc(C(C)(C)C)n1. The zero-order chi connectivity index (χ0) is 17.3. The van der Waals surface area contributed by atoms with Gasteiger partial charge >= 0.3 is 0 Å². The standard InChI is InChI=1S/C19H25N3O2/c1-19(2,3)18-20-12(11-24-4)10-17(22-18)21-15-9-8-14-13(15)6-5-7-16(14)23/h5-7,10,15,23H,8-9,11H2,1-4H3,(H,20,21,22). The fourth-order valence-corrected chi connectivity index (χ4v) is 3.09. The summed E-state index contributed by atoms with van der Waals surface area (Å²) >= 11 is 0. The van der Waals surface area contributed by atoms with Crippen molar-refractivity contribution in [1.29, 1.82) is 0 Å². The van der Waals surface area contributed by atoms with Gasteiger partial charge in [-0.3, -0.25) is 0 Å². The maximum atomic E-state index is 10.0. The van der Waals surface area contributed by atoms with E-state index in [-0.39, 0.29) is 11.5 Å². The van der Waals surface area contributed by atoms with Gasteiger partial charge in [-0.1, -0.05) is 32.9 Å². The van der Waals surface area contributed by atoms with Crippen molar-refractivity contribution >= 4 is 5.82 Å².